The molecule has 0 spiro atoms. The number of pyridine rings is 1. The maximum atomic E-state index is 12.5. The van der Waals surface area contributed by atoms with Gasteiger partial charge in [-0.1, -0.05) is 37.3 Å². The number of para-hydroxylation sites is 2. The van der Waals surface area contributed by atoms with Crippen molar-refractivity contribution < 1.29 is 4.79 Å². The van der Waals surface area contributed by atoms with Gasteiger partial charge in [0.1, 0.15) is 5.82 Å². The van der Waals surface area contributed by atoms with Crippen molar-refractivity contribution in [1.29, 1.82) is 0 Å². The topological polar surface area (TPSA) is 79.8 Å². The Hall–Kier alpha value is -3.80. The quantitative estimate of drug-likeness (QED) is 0.519. The zero-order valence-electron chi connectivity index (χ0n) is 16.1. The number of anilines is 2. The molecule has 2 aromatic heterocycles. The van der Waals surface area contributed by atoms with Gasteiger partial charge in [0, 0.05) is 29.0 Å². The summed E-state index contributed by atoms with van der Waals surface area (Å²) in [4.78, 5) is 25.9. The molecule has 6 heteroatoms. The largest absolute Gasteiger partial charge is 0.360 e. The minimum Gasteiger partial charge on any atom is -0.360 e. The fourth-order valence-electron chi connectivity index (χ4n) is 3.14. The molecule has 4 rings (SSSR count). The Morgan fingerprint density at radius 3 is 2.62 bits per heavy atom. The number of benzene rings is 2. The van der Waals surface area contributed by atoms with Crippen molar-refractivity contribution >= 4 is 28.3 Å². The van der Waals surface area contributed by atoms with Crippen LogP contribution in [0.25, 0.3) is 22.3 Å². The highest BCUT2D eigenvalue weighted by Crippen LogP contribution is 2.24. The number of fused-ring (bicyclic) bond motifs is 1. The van der Waals surface area contributed by atoms with Crippen LogP contribution in [0.3, 0.4) is 0 Å². The van der Waals surface area contributed by atoms with Crippen LogP contribution in [0.4, 0.5) is 11.5 Å². The maximum Gasteiger partial charge on any atom is 0.243 e. The minimum absolute atomic E-state index is 0.103. The standard InChI is InChI=1S/C23H21N5O/c1-2-16-8-3-5-11-19(16)26-21(29)15-25-23-18-10-4-6-12-20(18)27-22(28-23)17-9-7-13-24-14-17/h3-14H,2,15H2,1H3,(H,26,29)(H,25,27,28). The Kier molecular flexibility index (Phi) is 5.42. The van der Waals surface area contributed by atoms with Gasteiger partial charge in [-0.2, -0.15) is 0 Å². The number of carbonyl (C=O) groups is 1. The first-order chi connectivity index (χ1) is 14.2. The van der Waals surface area contributed by atoms with Crippen LogP contribution in [0.2, 0.25) is 0 Å². The average molecular weight is 383 g/mol. The fraction of sp³-hybridized carbons (Fsp3) is 0.130. The van der Waals surface area contributed by atoms with Gasteiger partial charge in [-0.3, -0.25) is 9.78 Å². The van der Waals surface area contributed by atoms with Crippen LogP contribution in [-0.2, 0) is 11.2 Å². The van der Waals surface area contributed by atoms with Gasteiger partial charge in [0.15, 0.2) is 5.82 Å². The second-order valence-electron chi connectivity index (χ2n) is 6.57. The third kappa shape index (κ3) is 4.21. The van der Waals surface area contributed by atoms with Gasteiger partial charge in [0.25, 0.3) is 0 Å². The predicted octanol–water partition coefficient (Wildman–Crippen LogP) is 4.30. The normalized spacial score (nSPS) is 10.7. The van der Waals surface area contributed by atoms with Crippen molar-refractivity contribution in [3.63, 3.8) is 0 Å². The Balaban J connectivity index is 1.58. The van der Waals surface area contributed by atoms with Crippen LogP contribution in [0.5, 0.6) is 0 Å². The summed E-state index contributed by atoms with van der Waals surface area (Å²) in [5.74, 6) is 1.06. The lowest BCUT2D eigenvalue weighted by Crippen LogP contribution is -2.23. The van der Waals surface area contributed by atoms with E-state index < -0.39 is 0 Å². The Morgan fingerprint density at radius 2 is 1.79 bits per heavy atom. The van der Waals surface area contributed by atoms with Crippen molar-refractivity contribution in [2.75, 3.05) is 17.2 Å². The molecule has 2 heterocycles. The molecule has 29 heavy (non-hydrogen) atoms. The van der Waals surface area contributed by atoms with E-state index >= 15 is 0 Å². The summed E-state index contributed by atoms with van der Waals surface area (Å²) in [7, 11) is 0. The highest BCUT2D eigenvalue weighted by molar-refractivity contribution is 5.96. The van der Waals surface area contributed by atoms with Gasteiger partial charge < -0.3 is 10.6 Å². The van der Waals surface area contributed by atoms with Crippen LogP contribution in [0, 0.1) is 0 Å². The van der Waals surface area contributed by atoms with Crippen molar-refractivity contribution in [3.05, 3.63) is 78.6 Å². The van der Waals surface area contributed by atoms with Gasteiger partial charge in [0.05, 0.1) is 12.1 Å². The molecular formula is C23H21N5O. The summed E-state index contributed by atoms with van der Waals surface area (Å²) in [5, 5.41) is 7.01. The fourth-order valence-corrected chi connectivity index (χ4v) is 3.14. The van der Waals surface area contributed by atoms with Crippen molar-refractivity contribution in [2.24, 2.45) is 0 Å². The van der Waals surface area contributed by atoms with E-state index in [9.17, 15) is 4.79 Å². The summed E-state index contributed by atoms with van der Waals surface area (Å²) in [5.41, 5.74) is 3.57. The summed E-state index contributed by atoms with van der Waals surface area (Å²) in [6, 6.07) is 19.3. The molecule has 0 unspecified atom stereocenters. The molecule has 0 aliphatic heterocycles. The van der Waals surface area contributed by atoms with Crippen LogP contribution in [0.1, 0.15) is 12.5 Å². The number of hydrogen-bond acceptors (Lipinski definition) is 5. The highest BCUT2D eigenvalue weighted by atomic mass is 16.1. The number of amides is 1. The molecule has 0 aliphatic carbocycles. The smallest absolute Gasteiger partial charge is 0.243 e. The third-order valence-corrected chi connectivity index (χ3v) is 4.61. The molecule has 0 fully saturated rings. The number of hydrogen-bond donors (Lipinski definition) is 2. The van der Waals surface area contributed by atoms with Crippen LogP contribution in [0.15, 0.2) is 73.1 Å². The summed E-state index contributed by atoms with van der Waals surface area (Å²) < 4.78 is 0. The lowest BCUT2D eigenvalue weighted by atomic mass is 10.1. The first kappa shape index (κ1) is 18.6. The van der Waals surface area contributed by atoms with E-state index in [1.54, 1.807) is 12.4 Å². The van der Waals surface area contributed by atoms with Gasteiger partial charge >= 0.3 is 0 Å². The molecule has 0 saturated heterocycles. The molecule has 0 radical (unpaired) electrons. The predicted molar refractivity (Wildman–Crippen MR) is 116 cm³/mol. The molecule has 0 atom stereocenters. The zero-order chi connectivity index (χ0) is 20.1. The molecule has 0 bridgehead atoms. The number of aryl methyl sites for hydroxylation is 1. The summed E-state index contributed by atoms with van der Waals surface area (Å²) in [6.07, 6.45) is 4.29. The van der Waals surface area contributed by atoms with E-state index in [0.29, 0.717) is 11.6 Å². The summed E-state index contributed by atoms with van der Waals surface area (Å²) >= 11 is 0. The molecule has 4 aromatic rings. The first-order valence-corrected chi connectivity index (χ1v) is 9.53. The second kappa shape index (κ2) is 8.48. The monoisotopic (exact) mass is 383 g/mol. The van der Waals surface area contributed by atoms with Gasteiger partial charge in [-0.05, 0) is 42.3 Å². The minimum atomic E-state index is -0.128. The number of aromatic nitrogens is 3. The lowest BCUT2D eigenvalue weighted by Gasteiger charge is -2.12. The molecule has 6 nitrogen and oxygen atoms in total. The molecule has 2 N–H and O–H groups in total. The molecule has 144 valence electrons. The van der Waals surface area contributed by atoms with E-state index in [4.69, 9.17) is 0 Å². The lowest BCUT2D eigenvalue weighted by molar-refractivity contribution is -0.114. The first-order valence-electron chi connectivity index (χ1n) is 9.53. The van der Waals surface area contributed by atoms with Crippen LogP contribution in [-0.4, -0.2) is 27.4 Å². The molecular weight excluding hydrogens is 362 g/mol. The maximum absolute atomic E-state index is 12.5. The van der Waals surface area contributed by atoms with E-state index in [1.165, 1.54) is 0 Å². The number of nitrogens with zero attached hydrogens (tertiary/aromatic N) is 3. The average Bonchev–Trinajstić information content (AvgIpc) is 2.78. The third-order valence-electron chi connectivity index (χ3n) is 4.61. The number of rotatable bonds is 6. The van der Waals surface area contributed by atoms with E-state index in [0.717, 1.165) is 34.1 Å². The SMILES string of the molecule is CCc1ccccc1NC(=O)CNc1nc(-c2cccnc2)nc2ccccc12. The van der Waals surface area contributed by atoms with Gasteiger partial charge in [-0.25, -0.2) is 9.97 Å². The Bertz CT molecular complexity index is 1140. The zero-order valence-corrected chi connectivity index (χ0v) is 16.1. The molecule has 0 aliphatic rings. The Morgan fingerprint density at radius 1 is 0.966 bits per heavy atom. The van der Waals surface area contributed by atoms with E-state index in [2.05, 4.69) is 32.5 Å². The summed E-state index contributed by atoms with van der Waals surface area (Å²) in [6.45, 7) is 2.17. The molecule has 1 amide bonds. The van der Waals surface area contributed by atoms with Gasteiger partial charge in [-0.15, -0.1) is 0 Å². The number of carbonyl (C=O) groups excluding carboxylic acids is 1. The Labute approximate surface area is 169 Å². The van der Waals surface area contributed by atoms with Crippen molar-refractivity contribution in [3.8, 4) is 11.4 Å². The molecule has 0 saturated carbocycles. The second-order valence-corrected chi connectivity index (χ2v) is 6.57. The van der Waals surface area contributed by atoms with Gasteiger partial charge in [0.2, 0.25) is 5.91 Å². The molecule has 2 aromatic carbocycles. The van der Waals surface area contributed by atoms with Crippen molar-refractivity contribution in [2.45, 2.75) is 13.3 Å². The van der Waals surface area contributed by atoms with Crippen LogP contribution < -0.4 is 10.6 Å². The van der Waals surface area contributed by atoms with E-state index in [-0.39, 0.29) is 12.5 Å². The number of nitrogens with one attached hydrogen (secondary N) is 2. The van der Waals surface area contributed by atoms with E-state index in [1.807, 2.05) is 60.7 Å². The highest BCUT2D eigenvalue weighted by Gasteiger charge is 2.11. The van der Waals surface area contributed by atoms with Crippen LogP contribution >= 0.6 is 0 Å². The van der Waals surface area contributed by atoms with Crippen molar-refractivity contribution in [1.82, 2.24) is 15.0 Å².